The van der Waals surface area contributed by atoms with Crippen LogP contribution in [0.15, 0.2) is 24.3 Å². The molecule has 0 aliphatic carbocycles. The number of halogens is 3. The highest BCUT2D eigenvalue weighted by molar-refractivity contribution is 5.95. The first-order valence-corrected chi connectivity index (χ1v) is 5.99. The SMILES string of the molecule is COC(=O)c1ccccc1N(C)C(CCN)C(F)(F)F. The number of nitrogens with two attached hydrogens (primary N) is 1. The average Bonchev–Trinajstić information content (AvgIpc) is 2.42. The minimum Gasteiger partial charge on any atom is -0.465 e. The Hall–Kier alpha value is -1.76. The van der Waals surface area contributed by atoms with Gasteiger partial charge in [-0.2, -0.15) is 13.2 Å². The Morgan fingerprint density at radius 3 is 2.50 bits per heavy atom. The maximum atomic E-state index is 13.0. The van der Waals surface area contributed by atoms with Crippen molar-refractivity contribution in [1.29, 1.82) is 0 Å². The smallest absolute Gasteiger partial charge is 0.408 e. The van der Waals surface area contributed by atoms with E-state index in [2.05, 4.69) is 4.74 Å². The van der Waals surface area contributed by atoms with Gasteiger partial charge in [-0.15, -0.1) is 0 Å². The first-order valence-electron chi connectivity index (χ1n) is 5.99. The van der Waals surface area contributed by atoms with Crippen LogP contribution in [0.25, 0.3) is 0 Å². The minimum atomic E-state index is -4.43. The lowest BCUT2D eigenvalue weighted by Crippen LogP contribution is -2.45. The van der Waals surface area contributed by atoms with Gasteiger partial charge in [-0.1, -0.05) is 12.1 Å². The van der Waals surface area contributed by atoms with E-state index in [0.717, 1.165) is 4.90 Å². The van der Waals surface area contributed by atoms with Gasteiger partial charge >= 0.3 is 12.1 Å². The van der Waals surface area contributed by atoms with Gasteiger partial charge in [0.25, 0.3) is 0 Å². The lowest BCUT2D eigenvalue weighted by atomic mass is 10.1. The molecule has 4 nitrogen and oxygen atoms in total. The number of esters is 1. The molecule has 112 valence electrons. The van der Waals surface area contributed by atoms with E-state index < -0.39 is 18.2 Å². The van der Waals surface area contributed by atoms with E-state index in [-0.39, 0.29) is 24.2 Å². The Balaban J connectivity index is 3.18. The maximum absolute atomic E-state index is 13.0. The van der Waals surface area contributed by atoms with Gasteiger partial charge < -0.3 is 15.4 Å². The number of carbonyl (C=O) groups is 1. The monoisotopic (exact) mass is 290 g/mol. The van der Waals surface area contributed by atoms with Crippen LogP contribution in [0.4, 0.5) is 18.9 Å². The molecule has 7 heteroatoms. The van der Waals surface area contributed by atoms with Gasteiger partial charge in [0.1, 0.15) is 6.04 Å². The number of nitrogens with zero attached hydrogens (tertiary/aromatic N) is 1. The highest BCUT2D eigenvalue weighted by atomic mass is 19.4. The van der Waals surface area contributed by atoms with Crippen LogP contribution >= 0.6 is 0 Å². The summed E-state index contributed by atoms with van der Waals surface area (Å²) in [5.74, 6) is -0.680. The zero-order valence-electron chi connectivity index (χ0n) is 11.3. The van der Waals surface area contributed by atoms with Crippen molar-refractivity contribution >= 4 is 11.7 Å². The number of anilines is 1. The van der Waals surface area contributed by atoms with Crippen molar-refractivity contribution in [2.75, 3.05) is 25.6 Å². The standard InChI is InChI=1S/C13H17F3N2O2/c1-18(11(7-8-17)13(14,15)16)10-6-4-3-5-9(10)12(19)20-2/h3-6,11H,7-8,17H2,1-2H3. The number of hydrogen-bond acceptors (Lipinski definition) is 4. The van der Waals surface area contributed by atoms with Crippen molar-refractivity contribution in [3.8, 4) is 0 Å². The molecule has 0 bridgehead atoms. The van der Waals surface area contributed by atoms with Gasteiger partial charge in [0.05, 0.1) is 18.4 Å². The normalized spacial score (nSPS) is 12.9. The predicted molar refractivity (Wildman–Crippen MR) is 69.7 cm³/mol. The molecule has 0 aliphatic heterocycles. The van der Waals surface area contributed by atoms with Crippen LogP contribution in [0.2, 0.25) is 0 Å². The molecule has 0 saturated carbocycles. The third-order valence-corrected chi connectivity index (χ3v) is 2.97. The third-order valence-electron chi connectivity index (χ3n) is 2.97. The first kappa shape index (κ1) is 16.3. The van der Waals surface area contributed by atoms with Crippen molar-refractivity contribution < 1.29 is 22.7 Å². The molecular formula is C13H17F3N2O2. The second-order valence-corrected chi connectivity index (χ2v) is 4.25. The van der Waals surface area contributed by atoms with Crippen LogP contribution in [-0.2, 0) is 4.74 Å². The molecule has 0 fully saturated rings. The number of para-hydroxylation sites is 1. The Labute approximate surface area is 115 Å². The molecule has 0 radical (unpaired) electrons. The highest BCUT2D eigenvalue weighted by Crippen LogP contribution is 2.31. The predicted octanol–water partition coefficient (Wildman–Crippen LogP) is 2.19. The van der Waals surface area contributed by atoms with Gasteiger partial charge in [-0.05, 0) is 25.1 Å². The van der Waals surface area contributed by atoms with Gasteiger partial charge in [0.2, 0.25) is 0 Å². The lowest BCUT2D eigenvalue weighted by Gasteiger charge is -2.32. The fourth-order valence-electron chi connectivity index (χ4n) is 1.97. The van der Waals surface area contributed by atoms with E-state index in [1.54, 1.807) is 12.1 Å². The molecule has 1 aromatic carbocycles. The van der Waals surface area contributed by atoms with E-state index in [1.807, 2.05) is 0 Å². The number of rotatable bonds is 5. The fraction of sp³-hybridized carbons (Fsp3) is 0.462. The molecule has 0 spiro atoms. The van der Waals surface area contributed by atoms with Crippen molar-refractivity contribution in [3.05, 3.63) is 29.8 Å². The van der Waals surface area contributed by atoms with Gasteiger partial charge in [0.15, 0.2) is 0 Å². The molecule has 0 heterocycles. The van der Waals surface area contributed by atoms with Crippen LogP contribution < -0.4 is 10.6 Å². The highest BCUT2D eigenvalue weighted by Gasteiger charge is 2.42. The van der Waals surface area contributed by atoms with Crippen LogP contribution in [0.3, 0.4) is 0 Å². The van der Waals surface area contributed by atoms with Crippen LogP contribution in [0.1, 0.15) is 16.8 Å². The van der Waals surface area contributed by atoms with E-state index >= 15 is 0 Å². The molecular weight excluding hydrogens is 273 g/mol. The summed E-state index contributed by atoms with van der Waals surface area (Å²) >= 11 is 0. The topological polar surface area (TPSA) is 55.6 Å². The molecule has 2 N–H and O–H groups in total. The summed E-state index contributed by atoms with van der Waals surface area (Å²) in [6.45, 7) is -0.102. The quantitative estimate of drug-likeness (QED) is 0.845. The number of benzene rings is 1. The zero-order chi connectivity index (χ0) is 15.3. The fourth-order valence-corrected chi connectivity index (χ4v) is 1.97. The maximum Gasteiger partial charge on any atom is 0.408 e. The molecule has 0 aliphatic rings. The summed E-state index contributed by atoms with van der Waals surface area (Å²) < 4.78 is 43.7. The molecule has 0 amide bonds. The number of carbonyl (C=O) groups excluding carboxylic acids is 1. The summed E-state index contributed by atoms with van der Waals surface area (Å²) in [6, 6.07) is 4.25. The summed E-state index contributed by atoms with van der Waals surface area (Å²) in [5.41, 5.74) is 5.50. The Kier molecular flexibility index (Phi) is 5.38. The van der Waals surface area contributed by atoms with E-state index in [9.17, 15) is 18.0 Å². The van der Waals surface area contributed by atoms with E-state index in [0.29, 0.717) is 0 Å². The second kappa shape index (κ2) is 6.60. The number of alkyl halides is 3. The minimum absolute atomic E-state index is 0.0868. The zero-order valence-corrected chi connectivity index (χ0v) is 11.3. The first-order chi connectivity index (χ1) is 9.32. The third kappa shape index (κ3) is 3.63. The van der Waals surface area contributed by atoms with E-state index in [4.69, 9.17) is 5.73 Å². The molecule has 1 unspecified atom stereocenters. The summed E-state index contributed by atoms with van der Waals surface area (Å²) in [6.07, 6.45) is -4.69. The summed E-state index contributed by atoms with van der Waals surface area (Å²) in [7, 11) is 2.47. The molecule has 0 saturated heterocycles. The Bertz CT molecular complexity index is 463. The summed E-state index contributed by atoms with van der Waals surface area (Å²) in [4.78, 5) is 12.6. The van der Waals surface area contributed by atoms with Crippen LogP contribution in [0.5, 0.6) is 0 Å². The van der Waals surface area contributed by atoms with Crippen molar-refractivity contribution in [1.82, 2.24) is 0 Å². The molecule has 20 heavy (non-hydrogen) atoms. The van der Waals surface area contributed by atoms with Crippen molar-refractivity contribution in [2.24, 2.45) is 5.73 Å². The Morgan fingerprint density at radius 1 is 1.40 bits per heavy atom. The number of hydrogen-bond donors (Lipinski definition) is 1. The van der Waals surface area contributed by atoms with Crippen LogP contribution in [-0.4, -0.2) is 38.9 Å². The van der Waals surface area contributed by atoms with Gasteiger partial charge in [0, 0.05) is 7.05 Å². The Morgan fingerprint density at radius 2 is 2.00 bits per heavy atom. The van der Waals surface area contributed by atoms with Crippen molar-refractivity contribution in [3.63, 3.8) is 0 Å². The van der Waals surface area contributed by atoms with Gasteiger partial charge in [-0.3, -0.25) is 0 Å². The number of methoxy groups -OCH3 is 1. The molecule has 1 rings (SSSR count). The average molecular weight is 290 g/mol. The summed E-state index contributed by atoms with van der Waals surface area (Å²) in [5, 5.41) is 0. The molecule has 1 aromatic rings. The van der Waals surface area contributed by atoms with E-state index in [1.165, 1.54) is 26.3 Å². The van der Waals surface area contributed by atoms with Gasteiger partial charge in [-0.25, -0.2) is 4.79 Å². The van der Waals surface area contributed by atoms with Crippen LogP contribution in [0, 0.1) is 0 Å². The van der Waals surface area contributed by atoms with Crippen molar-refractivity contribution in [2.45, 2.75) is 18.6 Å². The lowest BCUT2D eigenvalue weighted by molar-refractivity contribution is -0.148. The second-order valence-electron chi connectivity index (χ2n) is 4.25. The number of ether oxygens (including phenoxy) is 1. The molecule has 0 aromatic heterocycles. The largest absolute Gasteiger partial charge is 0.465 e. The molecule has 1 atom stereocenters.